The third kappa shape index (κ3) is 5.01. The average molecular weight is 423 g/mol. The zero-order valence-corrected chi connectivity index (χ0v) is 17.1. The SMILES string of the molecule is CC(C(=O)Nc1ccc(NC(=O)/C=C/c2cn(C)c(=O)n(C)c2=O)cc1)n1cncn1. The monoisotopic (exact) mass is 423 g/mol. The van der Waals surface area contributed by atoms with E-state index in [1.807, 2.05) is 0 Å². The fourth-order valence-corrected chi connectivity index (χ4v) is 2.72. The maximum Gasteiger partial charge on any atom is 0.330 e. The lowest BCUT2D eigenvalue weighted by Gasteiger charge is -2.12. The summed E-state index contributed by atoms with van der Waals surface area (Å²) in [6.07, 6.45) is 6.73. The van der Waals surface area contributed by atoms with E-state index in [0.29, 0.717) is 11.4 Å². The van der Waals surface area contributed by atoms with Crippen molar-refractivity contribution in [3.05, 3.63) is 75.6 Å². The normalized spacial score (nSPS) is 12.0. The predicted octanol–water partition coefficient (Wildman–Crippen LogP) is 0.527. The summed E-state index contributed by atoms with van der Waals surface area (Å²) in [6.45, 7) is 1.70. The molecule has 1 aromatic carbocycles. The van der Waals surface area contributed by atoms with Crippen molar-refractivity contribution < 1.29 is 9.59 Å². The fraction of sp³-hybridized carbons (Fsp3) is 0.200. The number of hydrogen-bond acceptors (Lipinski definition) is 6. The van der Waals surface area contributed by atoms with Crippen LogP contribution in [0.15, 0.2) is 58.8 Å². The van der Waals surface area contributed by atoms with Crippen LogP contribution in [-0.4, -0.2) is 35.7 Å². The number of anilines is 2. The lowest BCUT2D eigenvalue weighted by Crippen LogP contribution is -2.37. The molecule has 3 aromatic rings. The molecule has 11 heteroatoms. The topological polar surface area (TPSA) is 133 Å². The lowest BCUT2D eigenvalue weighted by atomic mass is 10.2. The molecule has 0 radical (unpaired) electrons. The van der Waals surface area contributed by atoms with Crippen LogP contribution in [0.5, 0.6) is 0 Å². The number of nitrogens with one attached hydrogen (secondary N) is 2. The van der Waals surface area contributed by atoms with Crippen LogP contribution in [0.25, 0.3) is 6.08 Å². The number of carbonyl (C=O) groups is 2. The molecule has 2 aromatic heterocycles. The summed E-state index contributed by atoms with van der Waals surface area (Å²) in [7, 11) is 2.89. The van der Waals surface area contributed by atoms with Gasteiger partial charge in [-0.2, -0.15) is 5.10 Å². The van der Waals surface area contributed by atoms with Crippen LogP contribution >= 0.6 is 0 Å². The smallest absolute Gasteiger partial charge is 0.324 e. The standard InChI is InChI=1S/C20H21N7O4/c1-13(27-12-21-11-22-27)18(29)24-16-7-5-15(6-8-16)23-17(28)9-4-14-10-25(2)20(31)26(3)19(14)30/h4-13H,1-3H3,(H,23,28)(H,24,29)/b9-4+. The van der Waals surface area contributed by atoms with Crippen LogP contribution in [0.2, 0.25) is 0 Å². The molecule has 0 spiro atoms. The number of aromatic nitrogens is 5. The molecule has 160 valence electrons. The Morgan fingerprint density at radius 3 is 2.32 bits per heavy atom. The Balaban J connectivity index is 1.61. The quantitative estimate of drug-likeness (QED) is 0.556. The summed E-state index contributed by atoms with van der Waals surface area (Å²) in [6, 6.07) is 6.03. The van der Waals surface area contributed by atoms with Gasteiger partial charge in [-0.15, -0.1) is 0 Å². The van der Waals surface area contributed by atoms with Gasteiger partial charge in [-0.1, -0.05) is 0 Å². The van der Waals surface area contributed by atoms with Crippen molar-refractivity contribution in [3.63, 3.8) is 0 Å². The van der Waals surface area contributed by atoms with Gasteiger partial charge in [0.25, 0.3) is 5.56 Å². The highest BCUT2D eigenvalue weighted by Gasteiger charge is 2.15. The number of carbonyl (C=O) groups excluding carboxylic acids is 2. The third-order valence-electron chi connectivity index (χ3n) is 4.52. The number of hydrogen-bond donors (Lipinski definition) is 2. The molecular formula is C20H21N7O4. The molecule has 0 aliphatic carbocycles. The van der Waals surface area contributed by atoms with Crippen LogP contribution in [0.3, 0.4) is 0 Å². The maximum absolute atomic E-state index is 12.3. The molecule has 3 rings (SSSR count). The predicted molar refractivity (Wildman–Crippen MR) is 114 cm³/mol. The molecule has 31 heavy (non-hydrogen) atoms. The van der Waals surface area contributed by atoms with Crippen LogP contribution in [-0.2, 0) is 23.7 Å². The lowest BCUT2D eigenvalue weighted by molar-refractivity contribution is -0.119. The molecular weight excluding hydrogens is 402 g/mol. The van der Waals surface area contributed by atoms with Crippen molar-refractivity contribution in [3.8, 4) is 0 Å². The Kier molecular flexibility index (Phi) is 6.24. The molecule has 0 fully saturated rings. The zero-order chi connectivity index (χ0) is 22.5. The molecule has 0 aliphatic heterocycles. The van der Waals surface area contributed by atoms with Crippen molar-refractivity contribution in [2.24, 2.45) is 14.1 Å². The van der Waals surface area contributed by atoms with Crippen LogP contribution in [0, 0.1) is 0 Å². The minimum Gasteiger partial charge on any atom is -0.324 e. The molecule has 2 amide bonds. The van der Waals surface area contributed by atoms with E-state index < -0.39 is 23.2 Å². The van der Waals surface area contributed by atoms with Gasteiger partial charge in [0.05, 0.1) is 5.56 Å². The third-order valence-corrected chi connectivity index (χ3v) is 4.52. The van der Waals surface area contributed by atoms with Crippen molar-refractivity contribution >= 4 is 29.3 Å². The second kappa shape index (κ2) is 9.03. The largest absolute Gasteiger partial charge is 0.330 e. The summed E-state index contributed by atoms with van der Waals surface area (Å²) in [5.41, 5.74) is 0.325. The molecule has 1 unspecified atom stereocenters. The van der Waals surface area contributed by atoms with Gasteiger partial charge in [-0.05, 0) is 37.3 Å². The molecule has 0 bridgehead atoms. The first kappa shape index (κ1) is 21.4. The first-order chi connectivity index (χ1) is 14.8. The van der Waals surface area contributed by atoms with Crippen LogP contribution in [0.4, 0.5) is 11.4 Å². The van der Waals surface area contributed by atoms with Gasteiger partial charge in [-0.25, -0.2) is 14.5 Å². The number of aryl methyl sites for hydroxylation is 1. The molecule has 0 aliphatic rings. The van der Waals surface area contributed by atoms with Gasteiger partial charge in [0, 0.05) is 37.7 Å². The highest BCUT2D eigenvalue weighted by atomic mass is 16.2. The summed E-state index contributed by atoms with van der Waals surface area (Å²) in [5, 5.41) is 9.36. The van der Waals surface area contributed by atoms with Crippen molar-refractivity contribution in [1.82, 2.24) is 23.9 Å². The van der Waals surface area contributed by atoms with Gasteiger partial charge in [-0.3, -0.25) is 19.0 Å². The van der Waals surface area contributed by atoms with E-state index in [9.17, 15) is 19.2 Å². The first-order valence-electron chi connectivity index (χ1n) is 9.27. The Hall–Kier alpha value is -4.28. The van der Waals surface area contributed by atoms with Gasteiger partial charge < -0.3 is 15.2 Å². The summed E-state index contributed by atoms with van der Waals surface area (Å²) < 4.78 is 3.66. The average Bonchev–Trinajstić information content (AvgIpc) is 3.29. The summed E-state index contributed by atoms with van der Waals surface area (Å²) in [5.74, 6) is -0.712. The van der Waals surface area contributed by atoms with Gasteiger partial charge in [0.2, 0.25) is 11.8 Å². The molecule has 0 saturated carbocycles. The Labute approximate surface area is 176 Å². The van der Waals surface area contributed by atoms with Gasteiger partial charge in [0.1, 0.15) is 18.7 Å². The maximum atomic E-state index is 12.3. The Morgan fingerprint density at radius 1 is 1.06 bits per heavy atom. The van der Waals surface area contributed by atoms with Crippen molar-refractivity contribution in [1.29, 1.82) is 0 Å². The minimum absolute atomic E-state index is 0.208. The van der Waals surface area contributed by atoms with Crippen molar-refractivity contribution in [2.45, 2.75) is 13.0 Å². The first-order valence-corrected chi connectivity index (χ1v) is 9.27. The van der Waals surface area contributed by atoms with Crippen molar-refractivity contribution in [2.75, 3.05) is 10.6 Å². The molecule has 2 N–H and O–H groups in total. The summed E-state index contributed by atoms with van der Waals surface area (Å²) >= 11 is 0. The Bertz CT molecular complexity index is 1240. The highest BCUT2D eigenvalue weighted by molar-refractivity contribution is 6.02. The van der Waals surface area contributed by atoms with E-state index in [1.165, 1.54) is 54.3 Å². The van der Waals surface area contributed by atoms with E-state index in [0.717, 1.165) is 4.57 Å². The Morgan fingerprint density at radius 2 is 1.71 bits per heavy atom. The number of benzene rings is 1. The number of amides is 2. The second-order valence-electron chi connectivity index (χ2n) is 6.78. The molecule has 0 saturated heterocycles. The highest BCUT2D eigenvalue weighted by Crippen LogP contribution is 2.15. The fourth-order valence-electron chi connectivity index (χ4n) is 2.72. The minimum atomic E-state index is -0.530. The molecule has 2 heterocycles. The zero-order valence-electron chi connectivity index (χ0n) is 17.1. The van der Waals surface area contributed by atoms with Gasteiger partial charge >= 0.3 is 5.69 Å². The van der Waals surface area contributed by atoms with E-state index in [-0.39, 0.29) is 11.5 Å². The number of rotatable bonds is 6. The molecule has 1 atom stereocenters. The van der Waals surface area contributed by atoms with Crippen LogP contribution in [0.1, 0.15) is 18.5 Å². The van der Waals surface area contributed by atoms with E-state index in [1.54, 1.807) is 31.2 Å². The summed E-state index contributed by atoms with van der Waals surface area (Å²) in [4.78, 5) is 52.0. The van der Waals surface area contributed by atoms with Crippen LogP contribution < -0.4 is 21.9 Å². The molecule has 11 nitrogen and oxygen atoms in total. The number of nitrogens with zero attached hydrogens (tertiary/aromatic N) is 5. The van der Waals surface area contributed by atoms with E-state index >= 15 is 0 Å². The van der Waals surface area contributed by atoms with Gasteiger partial charge in [0.15, 0.2) is 0 Å². The van der Waals surface area contributed by atoms with E-state index in [2.05, 4.69) is 20.7 Å². The van der Waals surface area contributed by atoms with E-state index in [4.69, 9.17) is 0 Å². The second-order valence-corrected chi connectivity index (χ2v) is 6.78.